The SMILES string of the molecule is CC(C)(C)C(N)C(O)c1cc(Br)no1. The second-order valence-electron chi connectivity index (χ2n) is 4.39. The number of rotatable bonds is 2. The fourth-order valence-electron chi connectivity index (χ4n) is 1.06. The van der Waals surface area contributed by atoms with Gasteiger partial charge in [-0.3, -0.25) is 0 Å². The van der Waals surface area contributed by atoms with Crippen LogP contribution in [0.25, 0.3) is 0 Å². The molecule has 0 saturated heterocycles. The lowest BCUT2D eigenvalue weighted by atomic mass is 9.83. The highest BCUT2D eigenvalue weighted by Gasteiger charge is 2.30. The van der Waals surface area contributed by atoms with Crippen LogP contribution in [0.2, 0.25) is 0 Å². The molecule has 0 aromatic carbocycles. The summed E-state index contributed by atoms with van der Waals surface area (Å²) in [5.74, 6) is 0.388. The van der Waals surface area contributed by atoms with Crippen LogP contribution in [0.15, 0.2) is 15.2 Å². The van der Waals surface area contributed by atoms with Gasteiger partial charge in [-0.15, -0.1) is 0 Å². The number of aliphatic hydroxyl groups is 1. The van der Waals surface area contributed by atoms with E-state index in [0.717, 1.165) is 0 Å². The maximum absolute atomic E-state index is 9.86. The van der Waals surface area contributed by atoms with Crippen LogP contribution < -0.4 is 5.73 Å². The Bertz CT molecular complexity index is 306. The van der Waals surface area contributed by atoms with E-state index >= 15 is 0 Å². The lowest BCUT2D eigenvalue weighted by molar-refractivity contribution is 0.0682. The summed E-state index contributed by atoms with van der Waals surface area (Å²) >= 11 is 3.14. The Hall–Kier alpha value is -0.390. The van der Waals surface area contributed by atoms with E-state index < -0.39 is 6.10 Å². The largest absolute Gasteiger partial charge is 0.383 e. The quantitative estimate of drug-likeness (QED) is 0.854. The molecule has 0 spiro atoms. The van der Waals surface area contributed by atoms with Gasteiger partial charge in [0.1, 0.15) is 10.7 Å². The summed E-state index contributed by atoms with van der Waals surface area (Å²) in [7, 11) is 0. The van der Waals surface area contributed by atoms with Gasteiger partial charge in [-0.1, -0.05) is 25.9 Å². The minimum atomic E-state index is -0.825. The van der Waals surface area contributed by atoms with Gasteiger partial charge in [-0.2, -0.15) is 0 Å². The van der Waals surface area contributed by atoms with E-state index in [2.05, 4.69) is 21.1 Å². The molecule has 0 fully saturated rings. The molecule has 0 radical (unpaired) electrons. The average Bonchev–Trinajstić information content (AvgIpc) is 2.47. The molecule has 0 saturated carbocycles. The Morgan fingerprint density at radius 1 is 1.57 bits per heavy atom. The zero-order valence-corrected chi connectivity index (χ0v) is 10.1. The molecule has 1 aromatic heterocycles. The summed E-state index contributed by atoms with van der Waals surface area (Å²) in [5.41, 5.74) is 5.70. The third-order valence-electron chi connectivity index (χ3n) is 2.13. The van der Waals surface area contributed by atoms with Crippen LogP contribution in [0, 0.1) is 5.41 Å². The van der Waals surface area contributed by atoms with Crippen molar-refractivity contribution in [3.63, 3.8) is 0 Å². The Morgan fingerprint density at radius 3 is 2.50 bits per heavy atom. The predicted octanol–water partition coefficient (Wildman–Crippen LogP) is 1.84. The van der Waals surface area contributed by atoms with Crippen LogP contribution in [-0.4, -0.2) is 16.3 Å². The summed E-state index contributed by atoms with van der Waals surface area (Å²) in [6.45, 7) is 5.89. The molecule has 1 heterocycles. The van der Waals surface area contributed by atoms with E-state index in [0.29, 0.717) is 10.4 Å². The standard InChI is InChI=1S/C9H15BrN2O2/c1-9(2,3)8(11)7(13)5-4-6(10)12-14-5/h4,7-8,13H,11H2,1-3H3. The lowest BCUT2D eigenvalue weighted by Gasteiger charge is -2.29. The van der Waals surface area contributed by atoms with Gasteiger partial charge in [-0.25, -0.2) is 0 Å². The van der Waals surface area contributed by atoms with Crippen molar-refractivity contribution in [2.24, 2.45) is 11.1 Å². The van der Waals surface area contributed by atoms with E-state index in [4.69, 9.17) is 10.3 Å². The Morgan fingerprint density at radius 2 is 2.14 bits per heavy atom. The second kappa shape index (κ2) is 4.00. The van der Waals surface area contributed by atoms with Gasteiger partial charge in [0, 0.05) is 12.1 Å². The predicted molar refractivity (Wildman–Crippen MR) is 56.6 cm³/mol. The monoisotopic (exact) mass is 262 g/mol. The van der Waals surface area contributed by atoms with Gasteiger partial charge in [0.15, 0.2) is 5.76 Å². The van der Waals surface area contributed by atoms with Crippen molar-refractivity contribution in [2.75, 3.05) is 0 Å². The Kier molecular flexibility index (Phi) is 3.34. The molecule has 3 N–H and O–H groups in total. The topological polar surface area (TPSA) is 72.3 Å². The number of halogens is 1. The van der Waals surface area contributed by atoms with Crippen molar-refractivity contribution < 1.29 is 9.63 Å². The van der Waals surface area contributed by atoms with Crippen LogP contribution in [0.1, 0.15) is 32.6 Å². The molecule has 14 heavy (non-hydrogen) atoms. The van der Waals surface area contributed by atoms with Gasteiger partial charge < -0.3 is 15.4 Å². The van der Waals surface area contributed by atoms with Crippen LogP contribution >= 0.6 is 15.9 Å². The van der Waals surface area contributed by atoms with Crippen LogP contribution in [-0.2, 0) is 0 Å². The molecular formula is C9H15BrN2O2. The number of hydrogen-bond donors (Lipinski definition) is 2. The zero-order chi connectivity index (χ0) is 10.9. The second-order valence-corrected chi connectivity index (χ2v) is 5.20. The number of nitrogens with zero attached hydrogens (tertiary/aromatic N) is 1. The van der Waals surface area contributed by atoms with Gasteiger partial charge in [-0.05, 0) is 21.3 Å². The van der Waals surface area contributed by atoms with Crippen LogP contribution in [0.4, 0.5) is 0 Å². The first-order valence-corrected chi connectivity index (χ1v) is 5.17. The fraction of sp³-hybridized carbons (Fsp3) is 0.667. The molecular weight excluding hydrogens is 248 g/mol. The summed E-state index contributed by atoms with van der Waals surface area (Å²) in [5, 5.41) is 13.5. The smallest absolute Gasteiger partial charge is 0.167 e. The minimum Gasteiger partial charge on any atom is -0.383 e. The summed E-state index contributed by atoms with van der Waals surface area (Å²) in [4.78, 5) is 0. The van der Waals surface area contributed by atoms with Crippen molar-refractivity contribution in [1.29, 1.82) is 0 Å². The van der Waals surface area contributed by atoms with Crippen molar-refractivity contribution in [1.82, 2.24) is 5.16 Å². The molecule has 2 unspecified atom stereocenters. The molecule has 4 nitrogen and oxygen atoms in total. The van der Waals surface area contributed by atoms with Gasteiger partial charge >= 0.3 is 0 Å². The Labute approximate surface area is 91.6 Å². The maximum atomic E-state index is 9.86. The highest BCUT2D eigenvalue weighted by molar-refractivity contribution is 9.10. The zero-order valence-electron chi connectivity index (χ0n) is 8.49. The van der Waals surface area contributed by atoms with E-state index in [1.807, 2.05) is 20.8 Å². The molecule has 80 valence electrons. The third kappa shape index (κ3) is 2.56. The lowest BCUT2D eigenvalue weighted by Crippen LogP contribution is -2.40. The first kappa shape index (κ1) is 11.7. The molecule has 1 rings (SSSR count). The molecule has 0 aliphatic carbocycles. The highest BCUT2D eigenvalue weighted by atomic mass is 79.9. The molecule has 0 bridgehead atoms. The highest BCUT2D eigenvalue weighted by Crippen LogP contribution is 2.29. The van der Waals surface area contributed by atoms with Crippen molar-refractivity contribution in [2.45, 2.75) is 32.9 Å². The van der Waals surface area contributed by atoms with Crippen molar-refractivity contribution in [3.05, 3.63) is 16.4 Å². The molecule has 1 aromatic rings. The van der Waals surface area contributed by atoms with E-state index in [1.165, 1.54) is 0 Å². The van der Waals surface area contributed by atoms with E-state index in [9.17, 15) is 5.11 Å². The molecule has 0 aliphatic rings. The first-order chi connectivity index (χ1) is 6.32. The third-order valence-corrected chi connectivity index (χ3v) is 2.50. The fourth-order valence-corrected chi connectivity index (χ4v) is 1.35. The number of hydrogen-bond acceptors (Lipinski definition) is 4. The van der Waals surface area contributed by atoms with Crippen LogP contribution in [0.3, 0.4) is 0 Å². The average molecular weight is 263 g/mol. The molecule has 0 amide bonds. The maximum Gasteiger partial charge on any atom is 0.167 e. The Balaban J connectivity index is 2.80. The normalized spacial score (nSPS) is 16.7. The van der Waals surface area contributed by atoms with E-state index in [1.54, 1.807) is 6.07 Å². The minimum absolute atomic E-state index is 0.182. The summed E-state index contributed by atoms with van der Waals surface area (Å²) in [6, 6.07) is 1.23. The van der Waals surface area contributed by atoms with Gasteiger partial charge in [0.05, 0.1) is 0 Å². The summed E-state index contributed by atoms with van der Waals surface area (Å²) in [6.07, 6.45) is -0.825. The summed E-state index contributed by atoms with van der Waals surface area (Å²) < 4.78 is 5.48. The molecule has 0 aliphatic heterocycles. The van der Waals surface area contributed by atoms with Crippen molar-refractivity contribution >= 4 is 15.9 Å². The van der Waals surface area contributed by atoms with Gasteiger partial charge in [0.2, 0.25) is 0 Å². The van der Waals surface area contributed by atoms with E-state index in [-0.39, 0.29) is 11.5 Å². The molecule has 2 atom stereocenters. The number of aromatic nitrogens is 1. The first-order valence-electron chi connectivity index (χ1n) is 4.38. The van der Waals surface area contributed by atoms with Crippen LogP contribution in [0.5, 0.6) is 0 Å². The molecule has 5 heteroatoms. The van der Waals surface area contributed by atoms with Crippen molar-refractivity contribution in [3.8, 4) is 0 Å². The number of aliphatic hydroxyl groups excluding tert-OH is 1. The van der Waals surface area contributed by atoms with Gasteiger partial charge in [0.25, 0.3) is 0 Å². The number of nitrogens with two attached hydrogens (primary N) is 1.